The molecule has 27 heavy (non-hydrogen) atoms. The van der Waals surface area contributed by atoms with E-state index in [1.54, 1.807) is 0 Å². The Morgan fingerprint density at radius 1 is 0.259 bits per heavy atom. The third-order valence-electron chi connectivity index (χ3n) is 1.70. The van der Waals surface area contributed by atoms with Crippen molar-refractivity contribution < 1.29 is 79.0 Å². The van der Waals surface area contributed by atoms with Gasteiger partial charge in [-0.1, -0.05) is 0 Å². The topological polar surface area (TPSA) is 0 Å². The Kier molecular flexibility index (Phi) is 11.2. The van der Waals surface area contributed by atoms with Gasteiger partial charge < -0.3 is 0 Å². The second-order valence-electron chi connectivity index (χ2n) is 3.74. The van der Waals surface area contributed by atoms with Crippen LogP contribution in [-0.4, -0.2) is 75.8 Å². The van der Waals surface area contributed by atoms with Crippen molar-refractivity contribution in [3.8, 4) is 0 Å². The van der Waals surface area contributed by atoms with E-state index < -0.39 is 58.8 Å². The van der Waals surface area contributed by atoms with Crippen LogP contribution >= 0.6 is 0 Å². The van der Waals surface area contributed by atoms with Gasteiger partial charge in [-0.2, -0.15) is 0 Å². The first-order valence-electron chi connectivity index (χ1n) is 4.90. The zero-order chi connectivity index (χ0) is 22.2. The summed E-state index contributed by atoms with van der Waals surface area (Å²) in [5.74, 6) is 0. The molecule has 0 aliphatic heterocycles. The first-order chi connectivity index (χ1) is 10.7. The Morgan fingerprint density at radius 2 is 0.333 bits per heavy atom. The van der Waals surface area contributed by atoms with Crippen LogP contribution in [0.5, 0.6) is 0 Å². The number of halogens is 18. The maximum Gasteiger partial charge on any atom is 0 e. The van der Waals surface area contributed by atoms with Gasteiger partial charge in [0.25, 0.3) is 0 Å². The van der Waals surface area contributed by atoms with Crippen molar-refractivity contribution in [1.29, 1.82) is 0 Å². The van der Waals surface area contributed by atoms with Crippen molar-refractivity contribution in [2.75, 3.05) is 0 Å². The van der Waals surface area contributed by atoms with Crippen LogP contribution < -0.4 is 0 Å². The Bertz CT molecular complexity index is 323. The van der Waals surface area contributed by atoms with Gasteiger partial charge in [0.05, 0.1) is 0 Å². The maximum absolute atomic E-state index is 11.3. The monoisotopic (exact) mass is 642 g/mol. The minimum Gasteiger partial charge on any atom is 0 e. The molecular formula is C6F18Ge2Se. The minimum atomic E-state index is -7.10. The van der Waals surface area contributed by atoms with Gasteiger partial charge in [0.1, 0.15) is 0 Å². The molecule has 0 aromatic carbocycles. The van der Waals surface area contributed by atoms with Crippen LogP contribution in [0.4, 0.5) is 79.0 Å². The number of rotatable bonds is 0. The van der Waals surface area contributed by atoms with E-state index in [4.69, 9.17) is 0 Å². The molecular weight excluding hydrogens is 638 g/mol. The molecule has 0 saturated heterocycles. The molecule has 0 rings (SSSR count). The summed E-state index contributed by atoms with van der Waals surface area (Å²) >= 11 is -14.2. The van der Waals surface area contributed by atoms with Gasteiger partial charge in [-0.25, -0.2) is 0 Å². The molecule has 0 aliphatic carbocycles. The zero-order valence-corrected chi connectivity index (χ0v) is 17.1. The average molecular weight is 638 g/mol. The zero-order valence-electron chi connectivity index (χ0n) is 11.2. The molecule has 0 N–H and O–H groups in total. The third-order valence-corrected chi connectivity index (χ3v) is 8.84. The summed E-state index contributed by atoms with van der Waals surface area (Å²) in [6, 6.07) is 0. The molecule has 164 valence electrons. The largest absolute Gasteiger partial charge is 0 e. The van der Waals surface area contributed by atoms with E-state index in [0.717, 1.165) is 0 Å². The van der Waals surface area contributed by atoms with E-state index in [9.17, 15) is 79.0 Å². The molecule has 0 saturated carbocycles. The fourth-order valence-electron chi connectivity index (χ4n) is 0.964. The van der Waals surface area contributed by atoms with Crippen LogP contribution in [0.3, 0.4) is 0 Å². The average Bonchev–Trinajstić information content (AvgIpc) is 1.97. The SMILES string of the molecule is F[C](F)(F)[Ge]([C](F)(F)F)[C](F)(F)F.F[C](F)(F)[Ge]([C](F)(F)F)[C](F)(F)F.[Se]. The molecule has 0 amide bonds. The number of hydrogen-bond acceptors (Lipinski definition) is 0. The van der Waals surface area contributed by atoms with Crippen molar-refractivity contribution in [2.24, 2.45) is 0 Å². The van der Waals surface area contributed by atoms with Gasteiger partial charge in [0.2, 0.25) is 0 Å². The Balaban J connectivity index is -0.000000411. The van der Waals surface area contributed by atoms with Gasteiger partial charge in [0, 0.05) is 17.1 Å². The van der Waals surface area contributed by atoms with Crippen LogP contribution in [0.15, 0.2) is 0 Å². The Hall–Kier alpha value is 0.345. The molecule has 0 aromatic rings. The van der Waals surface area contributed by atoms with Gasteiger partial charge >= 0.3 is 138 Å². The molecule has 0 unspecified atom stereocenters. The summed E-state index contributed by atoms with van der Waals surface area (Å²) in [6.45, 7) is 0. The molecule has 0 nitrogen and oxygen atoms in total. The van der Waals surface area contributed by atoms with Crippen molar-refractivity contribution in [3.05, 3.63) is 0 Å². The van der Waals surface area contributed by atoms with Gasteiger partial charge in [-0.15, -0.1) is 0 Å². The summed E-state index contributed by atoms with van der Waals surface area (Å²) in [7, 11) is 0. The second kappa shape index (κ2) is 9.44. The Morgan fingerprint density at radius 3 is 0.333 bits per heavy atom. The fourth-order valence-corrected chi connectivity index (χ4v) is 5.01. The number of alkyl halides is 18. The summed E-state index contributed by atoms with van der Waals surface area (Å²) in [6.07, 6.45) is 0. The molecule has 4 radical (unpaired) electrons. The van der Waals surface area contributed by atoms with Crippen LogP contribution in [0.25, 0.3) is 0 Å². The van der Waals surface area contributed by atoms with Gasteiger partial charge in [-0.05, 0) is 0 Å². The maximum atomic E-state index is 11.3. The predicted octanol–water partition coefficient (Wildman–Crippen LogP) is 5.19. The summed E-state index contributed by atoms with van der Waals surface area (Å²) in [5, 5.41) is -37.2. The normalized spacial score (nSPS) is 14.7. The van der Waals surface area contributed by atoms with Crippen LogP contribution in [-0.2, 0) is 0 Å². The van der Waals surface area contributed by atoms with E-state index in [-0.39, 0.29) is 17.1 Å². The standard InChI is InChI=1S/2C3F9Ge.Se/c2*4-1(5,6)13(2(7,8)9)3(10,11)12;. The van der Waals surface area contributed by atoms with E-state index in [2.05, 4.69) is 0 Å². The first-order valence-corrected chi connectivity index (χ1v) is 11.2. The van der Waals surface area contributed by atoms with Gasteiger partial charge in [-0.3, -0.25) is 0 Å². The molecule has 0 heterocycles. The number of hydrogen-bond donors (Lipinski definition) is 0. The van der Waals surface area contributed by atoms with E-state index >= 15 is 0 Å². The van der Waals surface area contributed by atoms with Crippen molar-refractivity contribution in [2.45, 2.75) is 30.1 Å². The third kappa shape index (κ3) is 11.8. The molecule has 0 aliphatic rings. The first kappa shape index (κ1) is 32.0. The molecule has 21 heteroatoms. The molecule has 0 bridgehead atoms. The molecule has 0 spiro atoms. The van der Waals surface area contributed by atoms with Crippen LogP contribution in [0.1, 0.15) is 0 Å². The Labute approximate surface area is 155 Å². The smallest absolute Gasteiger partial charge is 0 e. The van der Waals surface area contributed by atoms with Crippen LogP contribution in [0, 0.1) is 0 Å². The van der Waals surface area contributed by atoms with Gasteiger partial charge in [0.15, 0.2) is 0 Å². The molecule has 0 atom stereocenters. The fraction of sp³-hybridized carbons (Fsp3) is 1.00. The quantitative estimate of drug-likeness (QED) is 0.253. The van der Waals surface area contributed by atoms with E-state index in [0.29, 0.717) is 0 Å². The summed E-state index contributed by atoms with van der Waals surface area (Å²) in [4.78, 5) is 0. The minimum absolute atomic E-state index is 0. The van der Waals surface area contributed by atoms with Crippen molar-refractivity contribution in [3.63, 3.8) is 0 Å². The molecule has 0 aromatic heterocycles. The molecule has 0 fully saturated rings. The van der Waals surface area contributed by atoms with E-state index in [1.807, 2.05) is 0 Å². The second-order valence-corrected chi connectivity index (χ2v) is 14.0. The van der Waals surface area contributed by atoms with Crippen molar-refractivity contribution in [1.82, 2.24) is 0 Å². The van der Waals surface area contributed by atoms with E-state index in [1.165, 1.54) is 0 Å². The van der Waals surface area contributed by atoms with Crippen molar-refractivity contribution >= 4 is 45.8 Å². The summed E-state index contributed by atoms with van der Waals surface area (Å²) in [5.41, 5.74) is 0. The predicted molar refractivity (Wildman–Crippen MR) is 53.6 cm³/mol. The summed E-state index contributed by atoms with van der Waals surface area (Å²) < 4.78 is 204. The van der Waals surface area contributed by atoms with Crippen LogP contribution in [0.2, 0.25) is 0 Å².